The van der Waals surface area contributed by atoms with Gasteiger partial charge in [-0.2, -0.15) is 0 Å². The first kappa shape index (κ1) is 16.8. The van der Waals surface area contributed by atoms with Gasteiger partial charge in [-0.15, -0.1) is 0 Å². The van der Waals surface area contributed by atoms with Crippen LogP contribution in [0.4, 0.5) is 4.79 Å². The van der Waals surface area contributed by atoms with Crippen molar-refractivity contribution in [2.45, 2.75) is 19.1 Å². The molecule has 2 aromatic rings. The quantitative estimate of drug-likeness (QED) is 0.865. The highest BCUT2D eigenvalue weighted by molar-refractivity contribution is 5.87. The topological polar surface area (TPSA) is 80.8 Å². The molecule has 1 fully saturated rings. The third kappa shape index (κ3) is 3.88. The van der Waals surface area contributed by atoms with E-state index in [9.17, 15) is 9.59 Å². The second-order valence-corrected chi connectivity index (χ2v) is 5.61. The Hall–Kier alpha value is -3.09. The van der Waals surface area contributed by atoms with Gasteiger partial charge < -0.3 is 14.8 Å². The van der Waals surface area contributed by atoms with Gasteiger partial charge in [-0.3, -0.25) is 14.7 Å². The molecule has 0 spiro atoms. The number of nitrogens with zero attached hydrogens (tertiary/aromatic N) is 2. The van der Waals surface area contributed by atoms with Crippen LogP contribution in [-0.4, -0.2) is 41.6 Å². The van der Waals surface area contributed by atoms with Crippen LogP contribution in [0, 0.1) is 0 Å². The fourth-order valence-electron chi connectivity index (χ4n) is 2.68. The number of methoxy groups -OCH3 is 1. The zero-order valence-electron chi connectivity index (χ0n) is 13.8. The normalized spacial score (nSPS) is 16.4. The molecule has 130 valence electrons. The summed E-state index contributed by atoms with van der Waals surface area (Å²) in [6, 6.07) is 10.4. The highest BCUT2D eigenvalue weighted by Crippen LogP contribution is 2.19. The highest BCUT2D eigenvalue weighted by atomic mass is 16.6. The van der Waals surface area contributed by atoms with Gasteiger partial charge in [-0.1, -0.05) is 18.2 Å². The maximum Gasteiger partial charge on any atom is 0.410 e. The van der Waals surface area contributed by atoms with Crippen LogP contribution in [0.2, 0.25) is 0 Å². The minimum absolute atomic E-state index is 0.0433. The fraction of sp³-hybridized carbons (Fsp3) is 0.278. The minimum Gasteiger partial charge on any atom is -0.496 e. The molecule has 1 aromatic heterocycles. The van der Waals surface area contributed by atoms with Crippen LogP contribution >= 0.6 is 0 Å². The van der Waals surface area contributed by atoms with E-state index < -0.39 is 12.1 Å². The number of para-hydroxylation sites is 1. The van der Waals surface area contributed by atoms with E-state index in [2.05, 4.69) is 10.3 Å². The second kappa shape index (κ2) is 7.65. The van der Waals surface area contributed by atoms with Crippen molar-refractivity contribution >= 4 is 12.0 Å². The van der Waals surface area contributed by atoms with Crippen molar-refractivity contribution in [1.82, 2.24) is 15.2 Å². The van der Waals surface area contributed by atoms with Crippen molar-refractivity contribution in [1.29, 1.82) is 0 Å². The van der Waals surface area contributed by atoms with Crippen molar-refractivity contribution in [2.24, 2.45) is 0 Å². The first-order valence-electron chi connectivity index (χ1n) is 7.91. The van der Waals surface area contributed by atoms with E-state index in [0.717, 1.165) is 11.1 Å². The summed E-state index contributed by atoms with van der Waals surface area (Å²) in [5, 5.41) is 2.85. The number of rotatable bonds is 6. The Balaban J connectivity index is 1.65. The highest BCUT2D eigenvalue weighted by Gasteiger charge is 2.37. The molecule has 25 heavy (non-hydrogen) atoms. The van der Waals surface area contributed by atoms with Crippen LogP contribution in [0.5, 0.6) is 5.75 Å². The van der Waals surface area contributed by atoms with Crippen molar-refractivity contribution in [2.75, 3.05) is 13.7 Å². The Labute approximate surface area is 145 Å². The Morgan fingerprint density at radius 2 is 2.08 bits per heavy atom. The van der Waals surface area contributed by atoms with Gasteiger partial charge in [0.1, 0.15) is 18.4 Å². The minimum atomic E-state index is -0.657. The molecular weight excluding hydrogens is 322 g/mol. The second-order valence-electron chi connectivity index (χ2n) is 5.61. The summed E-state index contributed by atoms with van der Waals surface area (Å²) in [7, 11) is 1.58. The molecule has 3 rings (SSSR count). The first-order chi connectivity index (χ1) is 12.2. The predicted molar refractivity (Wildman–Crippen MR) is 89.8 cm³/mol. The summed E-state index contributed by atoms with van der Waals surface area (Å²) in [6.07, 6.45) is 2.80. The van der Waals surface area contributed by atoms with Gasteiger partial charge in [0.15, 0.2) is 0 Å². The maximum atomic E-state index is 12.5. The summed E-state index contributed by atoms with van der Waals surface area (Å²) in [6.45, 7) is 0.659. The van der Waals surface area contributed by atoms with Gasteiger partial charge in [0, 0.05) is 24.5 Å². The fourth-order valence-corrected chi connectivity index (χ4v) is 2.68. The average Bonchev–Trinajstić information content (AvgIpc) is 3.01. The average molecular weight is 341 g/mol. The van der Waals surface area contributed by atoms with E-state index in [1.54, 1.807) is 31.6 Å². The van der Waals surface area contributed by atoms with E-state index in [1.807, 2.05) is 24.3 Å². The molecule has 1 aromatic carbocycles. The largest absolute Gasteiger partial charge is 0.496 e. The molecule has 2 amide bonds. The van der Waals surface area contributed by atoms with Gasteiger partial charge in [0.05, 0.1) is 13.7 Å². The molecule has 1 saturated heterocycles. The number of cyclic esters (lactones) is 1. The predicted octanol–water partition coefficient (Wildman–Crippen LogP) is 1.73. The molecule has 7 nitrogen and oxygen atoms in total. The molecule has 0 bridgehead atoms. The van der Waals surface area contributed by atoms with Crippen LogP contribution in [-0.2, 0) is 22.6 Å². The summed E-state index contributed by atoms with van der Waals surface area (Å²) < 4.78 is 10.3. The number of hydrogen-bond donors (Lipinski definition) is 1. The third-order valence-corrected chi connectivity index (χ3v) is 4.03. The standard InChI is InChI=1S/C18H19N3O4/c1-24-16-5-3-2-4-14(16)10-20-17(22)15-12-25-18(23)21(15)11-13-6-8-19-9-7-13/h2-9,15H,10-12H2,1H3,(H,20,22)/t15-/m0/s1. The smallest absolute Gasteiger partial charge is 0.410 e. The van der Waals surface area contributed by atoms with Gasteiger partial charge in [0.2, 0.25) is 5.91 Å². The van der Waals surface area contributed by atoms with Crippen LogP contribution in [0.25, 0.3) is 0 Å². The van der Waals surface area contributed by atoms with E-state index in [1.165, 1.54) is 4.90 Å². The van der Waals surface area contributed by atoms with E-state index in [0.29, 0.717) is 18.8 Å². The maximum absolute atomic E-state index is 12.5. The number of benzene rings is 1. The lowest BCUT2D eigenvalue weighted by atomic mass is 10.2. The van der Waals surface area contributed by atoms with Crippen LogP contribution in [0.3, 0.4) is 0 Å². The number of pyridine rings is 1. The van der Waals surface area contributed by atoms with Gasteiger partial charge in [-0.05, 0) is 23.8 Å². The Morgan fingerprint density at radius 1 is 1.32 bits per heavy atom. The molecule has 0 unspecified atom stereocenters. The van der Waals surface area contributed by atoms with Crippen LogP contribution < -0.4 is 10.1 Å². The van der Waals surface area contributed by atoms with Crippen molar-refractivity contribution in [3.8, 4) is 5.75 Å². The summed E-state index contributed by atoms with van der Waals surface area (Å²) in [4.78, 5) is 29.9. The first-order valence-corrected chi connectivity index (χ1v) is 7.91. The molecule has 1 aliphatic rings. The number of nitrogens with one attached hydrogen (secondary N) is 1. The molecular formula is C18H19N3O4. The van der Waals surface area contributed by atoms with Gasteiger partial charge in [0.25, 0.3) is 0 Å². The summed E-state index contributed by atoms with van der Waals surface area (Å²) >= 11 is 0. The van der Waals surface area contributed by atoms with Gasteiger partial charge in [-0.25, -0.2) is 4.79 Å². The van der Waals surface area contributed by atoms with Crippen molar-refractivity contribution in [3.63, 3.8) is 0 Å². The van der Waals surface area contributed by atoms with E-state index >= 15 is 0 Å². The number of carbonyl (C=O) groups excluding carboxylic acids is 2. The van der Waals surface area contributed by atoms with E-state index in [4.69, 9.17) is 9.47 Å². The Kier molecular flexibility index (Phi) is 5.13. The number of carbonyl (C=O) groups is 2. The lowest BCUT2D eigenvalue weighted by Gasteiger charge is -2.21. The lowest BCUT2D eigenvalue weighted by Crippen LogP contribution is -2.45. The molecule has 0 aliphatic carbocycles. The van der Waals surface area contributed by atoms with Crippen LogP contribution in [0.15, 0.2) is 48.8 Å². The van der Waals surface area contributed by atoms with Crippen molar-refractivity contribution in [3.05, 3.63) is 59.9 Å². The molecule has 1 atom stereocenters. The summed E-state index contributed by atoms with van der Waals surface area (Å²) in [5.41, 5.74) is 1.75. The number of aromatic nitrogens is 1. The number of amides is 2. The lowest BCUT2D eigenvalue weighted by molar-refractivity contribution is -0.125. The zero-order chi connectivity index (χ0) is 17.6. The number of ether oxygens (including phenoxy) is 2. The molecule has 1 N–H and O–H groups in total. The van der Waals surface area contributed by atoms with Crippen LogP contribution in [0.1, 0.15) is 11.1 Å². The summed E-state index contributed by atoms with van der Waals surface area (Å²) in [5.74, 6) is 0.445. The Bertz CT molecular complexity index is 751. The molecule has 0 saturated carbocycles. The molecule has 0 radical (unpaired) electrons. The van der Waals surface area contributed by atoms with Gasteiger partial charge >= 0.3 is 6.09 Å². The van der Waals surface area contributed by atoms with Crippen molar-refractivity contribution < 1.29 is 19.1 Å². The van der Waals surface area contributed by atoms with E-state index in [-0.39, 0.29) is 12.5 Å². The molecule has 1 aliphatic heterocycles. The number of hydrogen-bond acceptors (Lipinski definition) is 5. The third-order valence-electron chi connectivity index (χ3n) is 4.03. The SMILES string of the molecule is COc1ccccc1CNC(=O)[C@@H]1COC(=O)N1Cc1ccncc1. The molecule has 7 heteroatoms. The Morgan fingerprint density at radius 3 is 2.84 bits per heavy atom. The molecule has 2 heterocycles. The zero-order valence-corrected chi connectivity index (χ0v) is 13.8. The monoisotopic (exact) mass is 341 g/mol.